The molecule has 0 N–H and O–H groups in total. The van der Waals surface area contributed by atoms with Crippen molar-refractivity contribution in [3.63, 3.8) is 0 Å². The van der Waals surface area contributed by atoms with Crippen LogP contribution in [0.2, 0.25) is 0 Å². The number of hydrogen-bond acceptors (Lipinski definition) is 2. The Kier molecular flexibility index (Phi) is 3.02. The Hall–Kier alpha value is -1.09. The summed E-state index contributed by atoms with van der Waals surface area (Å²) in [6.45, 7) is 2.29. The molecule has 1 aliphatic rings. The highest BCUT2D eigenvalue weighted by molar-refractivity contribution is 9.10. The second-order valence-corrected chi connectivity index (χ2v) is 5.47. The zero-order chi connectivity index (χ0) is 11.7. The van der Waals surface area contributed by atoms with Gasteiger partial charge in [0, 0.05) is 22.9 Å². The molecular weight excluding hydrogens is 276 g/mol. The molecule has 2 heterocycles. The van der Waals surface area contributed by atoms with Crippen molar-refractivity contribution in [2.45, 2.75) is 19.3 Å². The van der Waals surface area contributed by atoms with Gasteiger partial charge in [0.2, 0.25) is 0 Å². The van der Waals surface area contributed by atoms with Gasteiger partial charge in [0.1, 0.15) is 5.82 Å². The monoisotopic (exact) mass is 290 g/mol. The van der Waals surface area contributed by atoms with Gasteiger partial charge in [-0.3, -0.25) is 0 Å². The fourth-order valence-corrected chi connectivity index (χ4v) is 2.73. The maximum atomic E-state index is 4.76. The topological polar surface area (TPSA) is 16.1 Å². The van der Waals surface area contributed by atoms with E-state index in [2.05, 4.69) is 51.2 Å². The van der Waals surface area contributed by atoms with E-state index in [0.29, 0.717) is 0 Å². The highest BCUT2D eigenvalue weighted by Crippen LogP contribution is 2.23. The lowest BCUT2D eigenvalue weighted by Crippen LogP contribution is -2.30. The third-order valence-corrected chi connectivity index (χ3v) is 3.81. The number of fused-ring (bicyclic) bond motifs is 1. The summed E-state index contributed by atoms with van der Waals surface area (Å²) in [5.74, 6) is 1.12. The summed E-state index contributed by atoms with van der Waals surface area (Å²) in [4.78, 5) is 7.15. The van der Waals surface area contributed by atoms with Crippen LogP contribution >= 0.6 is 15.9 Å². The quantitative estimate of drug-likeness (QED) is 0.790. The number of halogens is 1. The van der Waals surface area contributed by atoms with Crippen LogP contribution in [-0.4, -0.2) is 18.1 Å². The van der Waals surface area contributed by atoms with Gasteiger partial charge in [-0.05, 0) is 43.5 Å². The van der Waals surface area contributed by atoms with E-state index in [1.807, 2.05) is 0 Å². The second-order valence-electron chi connectivity index (χ2n) is 4.55. The average molecular weight is 291 g/mol. The molecular formula is C14H15BrN2. The standard InChI is InChI=1S/C14H15BrN2/c15-12-6-4-11-5-7-14(16-13(11)10-12)17-8-2-1-3-9-17/h4-7,10H,1-3,8-9H2. The fraction of sp³-hybridized carbons (Fsp3) is 0.357. The average Bonchev–Trinajstić information content (AvgIpc) is 2.39. The van der Waals surface area contributed by atoms with Crippen LogP contribution in [0.25, 0.3) is 10.9 Å². The molecule has 2 nitrogen and oxygen atoms in total. The first-order chi connectivity index (χ1) is 8.33. The number of piperidine rings is 1. The SMILES string of the molecule is Brc1ccc2ccc(N3CCCCC3)nc2c1. The normalized spacial score (nSPS) is 16.4. The van der Waals surface area contributed by atoms with Crippen LogP contribution in [0.5, 0.6) is 0 Å². The first-order valence-corrected chi connectivity index (χ1v) is 6.93. The van der Waals surface area contributed by atoms with E-state index >= 15 is 0 Å². The van der Waals surface area contributed by atoms with Crippen LogP contribution in [0, 0.1) is 0 Å². The largest absolute Gasteiger partial charge is 0.357 e. The molecule has 0 spiro atoms. The predicted molar refractivity (Wildman–Crippen MR) is 75.5 cm³/mol. The molecule has 1 saturated heterocycles. The molecule has 1 aliphatic heterocycles. The minimum absolute atomic E-state index is 1.07. The lowest BCUT2D eigenvalue weighted by atomic mass is 10.1. The van der Waals surface area contributed by atoms with Gasteiger partial charge in [-0.2, -0.15) is 0 Å². The Morgan fingerprint density at radius 1 is 1.00 bits per heavy atom. The second kappa shape index (κ2) is 4.65. The molecule has 0 unspecified atom stereocenters. The summed E-state index contributed by atoms with van der Waals surface area (Å²) >= 11 is 3.50. The highest BCUT2D eigenvalue weighted by atomic mass is 79.9. The first-order valence-electron chi connectivity index (χ1n) is 6.14. The number of rotatable bonds is 1. The molecule has 3 rings (SSSR count). The number of hydrogen-bond donors (Lipinski definition) is 0. The third kappa shape index (κ3) is 2.29. The number of nitrogens with zero attached hydrogens (tertiary/aromatic N) is 2. The van der Waals surface area contributed by atoms with Crippen molar-refractivity contribution in [2.24, 2.45) is 0 Å². The van der Waals surface area contributed by atoms with Crippen molar-refractivity contribution in [3.05, 3.63) is 34.8 Å². The number of anilines is 1. The first kappa shape index (κ1) is 11.0. The van der Waals surface area contributed by atoms with Crippen LogP contribution < -0.4 is 4.90 Å². The Morgan fingerprint density at radius 3 is 2.59 bits per heavy atom. The van der Waals surface area contributed by atoms with Crippen molar-refractivity contribution >= 4 is 32.7 Å². The maximum Gasteiger partial charge on any atom is 0.129 e. The lowest BCUT2D eigenvalue weighted by molar-refractivity contribution is 0.574. The Balaban J connectivity index is 1.99. The molecule has 3 heteroatoms. The van der Waals surface area contributed by atoms with Gasteiger partial charge in [0.25, 0.3) is 0 Å². The van der Waals surface area contributed by atoms with Gasteiger partial charge in [-0.25, -0.2) is 4.98 Å². The molecule has 88 valence electrons. The van der Waals surface area contributed by atoms with E-state index in [1.165, 1.54) is 24.6 Å². The van der Waals surface area contributed by atoms with Crippen LogP contribution in [0.15, 0.2) is 34.8 Å². The predicted octanol–water partition coefficient (Wildman–Crippen LogP) is 3.99. The van der Waals surface area contributed by atoms with Crippen molar-refractivity contribution in [1.29, 1.82) is 0 Å². The summed E-state index contributed by atoms with van der Waals surface area (Å²) in [7, 11) is 0. The van der Waals surface area contributed by atoms with Gasteiger partial charge >= 0.3 is 0 Å². The van der Waals surface area contributed by atoms with Gasteiger partial charge in [-0.1, -0.05) is 22.0 Å². The zero-order valence-corrected chi connectivity index (χ0v) is 11.3. The highest BCUT2D eigenvalue weighted by Gasteiger charge is 2.12. The molecule has 1 aromatic carbocycles. The van der Waals surface area contributed by atoms with Crippen LogP contribution in [0.3, 0.4) is 0 Å². The molecule has 0 aliphatic carbocycles. The number of pyridine rings is 1. The summed E-state index contributed by atoms with van der Waals surface area (Å²) < 4.78 is 1.09. The van der Waals surface area contributed by atoms with Gasteiger partial charge in [0.05, 0.1) is 5.52 Å². The maximum absolute atomic E-state index is 4.76. The summed E-state index contributed by atoms with van der Waals surface area (Å²) in [6.07, 6.45) is 3.94. The minimum Gasteiger partial charge on any atom is -0.357 e. The molecule has 0 atom stereocenters. The van der Waals surface area contributed by atoms with E-state index in [-0.39, 0.29) is 0 Å². The third-order valence-electron chi connectivity index (χ3n) is 3.32. The van der Waals surface area contributed by atoms with Gasteiger partial charge in [0.15, 0.2) is 0 Å². The summed E-state index contributed by atoms with van der Waals surface area (Å²) in [5, 5.41) is 1.20. The summed E-state index contributed by atoms with van der Waals surface area (Å²) in [6, 6.07) is 10.6. The van der Waals surface area contributed by atoms with Crippen LogP contribution in [-0.2, 0) is 0 Å². The molecule has 0 bridgehead atoms. The molecule has 1 aromatic heterocycles. The fourth-order valence-electron chi connectivity index (χ4n) is 2.38. The van der Waals surface area contributed by atoms with E-state index in [1.54, 1.807) is 0 Å². The van der Waals surface area contributed by atoms with Gasteiger partial charge in [-0.15, -0.1) is 0 Å². The number of aromatic nitrogens is 1. The molecule has 0 saturated carbocycles. The smallest absolute Gasteiger partial charge is 0.129 e. The molecule has 17 heavy (non-hydrogen) atoms. The Morgan fingerprint density at radius 2 is 1.76 bits per heavy atom. The van der Waals surface area contributed by atoms with E-state index < -0.39 is 0 Å². The van der Waals surface area contributed by atoms with Crippen molar-refractivity contribution in [2.75, 3.05) is 18.0 Å². The van der Waals surface area contributed by atoms with Crippen molar-refractivity contribution in [1.82, 2.24) is 4.98 Å². The Bertz CT molecular complexity index is 533. The van der Waals surface area contributed by atoms with Gasteiger partial charge < -0.3 is 4.90 Å². The Labute approximate surface area is 110 Å². The summed E-state index contributed by atoms with van der Waals surface area (Å²) in [5.41, 5.74) is 1.07. The molecule has 0 amide bonds. The molecule has 0 radical (unpaired) electrons. The minimum atomic E-state index is 1.07. The molecule has 2 aromatic rings. The number of benzene rings is 1. The van der Waals surface area contributed by atoms with Crippen LogP contribution in [0.4, 0.5) is 5.82 Å². The van der Waals surface area contributed by atoms with E-state index in [4.69, 9.17) is 4.98 Å². The zero-order valence-electron chi connectivity index (χ0n) is 9.69. The lowest BCUT2D eigenvalue weighted by Gasteiger charge is -2.27. The molecule has 1 fully saturated rings. The van der Waals surface area contributed by atoms with Crippen molar-refractivity contribution < 1.29 is 0 Å². The van der Waals surface area contributed by atoms with E-state index in [9.17, 15) is 0 Å². The van der Waals surface area contributed by atoms with Crippen LogP contribution in [0.1, 0.15) is 19.3 Å². The van der Waals surface area contributed by atoms with E-state index in [0.717, 1.165) is 28.9 Å². The van der Waals surface area contributed by atoms with Crippen molar-refractivity contribution in [3.8, 4) is 0 Å².